The standard InChI is InChI=1S/C11H10BrN3O2S/c12-8-7-14-6-5-10(8)15-18(16,17)11-4-2-1-3-9(11)13/h1-7H,13H2,(H,14,15). The molecule has 0 atom stereocenters. The van der Waals surface area contributed by atoms with Gasteiger partial charge in [0.1, 0.15) is 4.90 Å². The normalized spacial score (nSPS) is 11.2. The van der Waals surface area contributed by atoms with Crippen LogP contribution >= 0.6 is 15.9 Å². The molecule has 5 nitrogen and oxygen atoms in total. The van der Waals surface area contributed by atoms with Gasteiger partial charge in [-0.2, -0.15) is 0 Å². The number of pyridine rings is 1. The fourth-order valence-electron chi connectivity index (χ4n) is 1.38. The van der Waals surface area contributed by atoms with Crippen molar-refractivity contribution in [2.45, 2.75) is 4.90 Å². The summed E-state index contributed by atoms with van der Waals surface area (Å²) >= 11 is 3.22. The van der Waals surface area contributed by atoms with Gasteiger partial charge in [0.05, 0.1) is 15.8 Å². The number of rotatable bonds is 3. The lowest BCUT2D eigenvalue weighted by Crippen LogP contribution is -2.15. The van der Waals surface area contributed by atoms with E-state index in [1.54, 1.807) is 18.2 Å². The van der Waals surface area contributed by atoms with Gasteiger partial charge in [-0.15, -0.1) is 0 Å². The number of hydrogen-bond acceptors (Lipinski definition) is 4. The van der Waals surface area contributed by atoms with Crippen LogP contribution in [0.2, 0.25) is 0 Å². The summed E-state index contributed by atoms with van der Waals surface area (Å²) in [5.74, 6) is 0. The van der Waals surface area contributed by atoms with Crippen molar-refractivity contribution in [3.8, 4) is 0 Å². The number of nitrogen functional groups attached to an aromatic ring is 1. The van der Waals surface area contributed by atoms with Gasteiger partial charge in [-0.3, -0.25) is 9.71 Å². The monoisotopic (exact) mass is 327 g/mol. The van der Waals surface area contributed by atoms with Gasteiger partial charge in [-0.25, -0.2) is 8.42 Å². The van der Waals surface area contributed by atoms with E-state index >= 15 is 0 Å². The number of nitrogens with two attached hydrogens (primary N) is 1. The molecule has 94 valence electrons. The lowest BCUT2D eigenvalue weighted by molar-refractivity contribution is 0.601. The lowest BCUT2D eigenvalue weighted by atomic mass is 10.3. The maximum Gasteiger partial charge on any atom is 0.263 e. The highest BCUT2D eigenvalue weighted by Crippen LogP contribution is 2.25. The third-order valence-electron chi connectivity index (χ3n) is 2.23. The van der Waals surface area contributed by atoms with Crippen LogP contribution in [-0.4, -0.2) is 13.4 Å². The molecule has 1 aromatic carbocycles. The second-order valence-corrected chi connectivity index (χ2v) is 6.00. The molecule has 0 saturated carbocycles. The van der Waals surface area contributed by atoms with Crippen molar-refractivity contribution >= 4 is 37.3 Å². The van der Waals surface area contributed by atoms with Crippen LogP contribution in [0.1, 0.15) is 0 Å². The van der Waals surface area contributed by atoms with Gasteiger partial charge in [-0.1, -0.05) is 12.1 Å². The van der Waals surface area contributed by atoms with Gasteiger partial charge in [0.25, 0.3) is 10.0 Å². The van der Waals surface area contributed by atoms with Gasteiger partial charge in [-0.05, 0) is 34.1 Å². The first kappa shape index (κ1) is 12.8. The molecular weight excluding hydrogens is 318 g/mol. The van der Waals surface area contributed by atoms with E-state index in [-0.39, 0.29) is 10.6 Å². The van der Waals surface area contributed by atoms with Crippen LogP contribution in [0.25, 0.3) is 0 Å². The van der Waals surface area contributed by atoms with Crippen molar-refractivity contribution in [3.63, 3.8) is 0 Å². The Bertz CT molecular complexity index is 673. The Balaban J connectivity index is 2.40. The third kappa shape index (κ3) is 2.62. The maximum atomic E-state index is 12.1. The van der Waals surface area contributed by atoms with Crippen molar-refractivity contribution in [1.82, 2.24) is 4.98 Å². The van der Waals surface area contributed by atoms with E-state index in [9.17, 15) is 8.42 Å². The van der Waals surface area contributed by atoms with Crippen LogP contribution < -0.4 is 10.5 Å². The largest absolute Gasteiger partial charge is 0.398 e. The number of halogens is 1. The number of sulfonamides is 1. The number of anilines is 2. The van der Waals surface area contributed by atoms with Crippen molar-refractivity contribution in [1.29, 1.82) is 0 Å². The number of hydrogen-bond donors (Lipinski definition) is 2. The summed E-state index contributed by atoms with van der Waals surface area (Å²) in [6.45, 7) is 0. The fraction of sp³-hybridized carbons (Fsp3) is 0. The molecule has 0 saturated heterocycles. The van der Waals surface area contributed by atoms with Crippen LogP contribution in [0.15, 0.2) is 52.1 Å². The average Bonchev–Trinajstić information content (AvgIpc) is 2.32. The molecular formula is C11H10BrN3O2S. The van der Waals surface area contributed by atoms with Crippen molar-refractivity contribution in [2.24, 2.45) is 0 Å². The van der Waals surface area contributed by atoms with Crippen molar-refractivity contribution < 1.29 is 8.42 Å². The van der Waals surface area contributed by atoms with Gasteiger partial charge >= 0.3 is 0 Å². The van der Waals surface area contributed by atoms with Gasteiger partial charge < -0.3 is 5.73 Å². The van der Waals surface area contributed by atoms with E-state index in [1.807, 2.05) is 0 Å². The Hall–Kier alpha value is -1.60. The molecule has 1 aromatic heterocycles. The van der Waals surface area contributed by atoms with Gasteiger partial charge in [0, 0.05) is 12.4 Å². The summed E-state index contributed by atoms with van der Waals surface area (Å²) in [5, 5.41) is 0. The Morgan fingerprint density at radius 3 is 2.61 bits per heavy atom. The predicted octanol–water partition coefficient (Wildman–Crippen LogP) is 2.23. The van der Waals surface area contributed by atoms with Crippen LogP contribution in [0.4, 0.5) is 11.4 Å². The molecule has 3 N–H and O–H groups in total. The summed E-state index contributed by atoms with van der Waals surface area (Å²) in [4.78, 5) is 3.91. The van der Waals surface area contributed by atoms with E-state index in [1.165, 1.54) is 24.5 Å². The van der Waals surface area contributed by atoms with E-state index in [4.69, 9.17) is 5.73 Å². The summed E-state index contributed by atoms with van der Waals surface area (Å²) < 4.78 is 27.3. The molecule has 0 bridgehead atoms. The maximum absolute atomic E-state index is 12.1. The fourth-order valence-corrected chi connectivity index (χ4v) is 3.08. The zero-order chi connectivity index (χ0) is 13.2. The minimum Gasteiger partial charge on any atom is -0.398 e. The molecule has 0 spiro atoms. The molecule has 0 aliphatic heterocycles. The van der Waals surface area contributed by atoms with E-state index in [0.717, 1.165) is 0 Å². The molecule has 0 fully saturated rings. The second kappa shape index (κ2) is 4.95. The van der Waals surface area contributed by atoms with Crippen LogP contribution in [0.5, 0.6) is 0 Å². The first-order chi connectivity index (χ1) is 8.50. The Morgan fingerprint density at radius 1 is 1.22 bits per heavy atom. The lowest BCUT2D eigenvalue weighted by Gasteiger charge is -2.10. The van der Waals surface area contributed by atoms with Crippen LogP contribution in [-0.2, 0) is 10.0 Å². The topological polar surface area (TPSA) is 85.1 Å². The van der Waals surface area contributed by atoms with Crippen LogP contribution in [0, 0.1) is 0 Å². The van der Waals surface area contributed by atoms with E-state index < -0.39 is 10.0 Å². The Kier molecular flexibility index (Phi) is 3.53. The molecule has 1 heterocycles. The zero-order valence-corrected chi connectivity index (χ0v) is 11.6. The number of aromatic nitrogens is 1. The van der Waals surface area contributed by atoms with Gasteiger partial charge in [0.15, 0.2) is 0 Å². The third-order valence-corrected chi connectivity index (χ3v) is 4.30. The SMILES string of the molecule is Nc1ccccc1S(=O)(=O)Nc1ccncc1Br. The average molecular weight is 328 g/mol. The summed E-state index contributed by atoms with van der Waals surface area (Å²) in [6.07, 6.45) is 3.00. The Morgan fingerprint density at radius 2 is 1.94 bits per heavy atom. The summed E-state index contributed by atoms with van der Waals surface area (Å²) in [7, 11) is -3.70. The molecule has 18 heavy (non-hydrogen) atoms. The van der Waals surface area contributed by atoms with Crippen molar-refractivity contribution in [2.75, 3.05) is 10.5 Å². The minimum absolute atomic E-state index is 0.0497. The summed E-state index contributed by atoms with van der Waals surface area (Å²) in [6, 6.07) is 7.84. The zero-order valence-electron chi connectivity index (χ0n) is 9.17. The number of nitrogens with zero attached hydrogens (tertiary/aromatic N) is 1. The molecule has 2 rings (SSSR count). The number of nitrogens with one attached hydrogen (secondary N) is 1. The molecule has 7 heteroatoms. The van der Waals surface area contributed by atoms with E-state index in [0.29, 0.717) is 10.2 Å². The first-order valence-electron chi connectivity index (χ1n) is 4.97. The number of benzene rings is 1. The van der Waals surface area contributed by atoms with Gasteiger partial charge in [0.2, 0.25) is 0 Å². The van der Waals surface area contributed by atoms with Crippen molar-refractivity contribution in [3.05, 3.63) is 47.2 Å². The Labute approximate surface area is 113 Å². The van der Waals surface area contributed by atoms with Crippen LogP contribution in [0.3, 0.4) is 0 Å². The minimum atomic E-state index is -3.70. The molecule has 0 unspecified atom stereocenters. The highest BCUT2D eigenvalue weighted by Gasteiger charge is 2.17. The number of para-hydroxylation sites is 1. The molecule has 0 aliphatic carbocycles. The molecule has 0 aliphatic rings. The quantitative estimate of drug-likeness (QED) is 0.846. The second-order valence-electron chi connectivity index (χ2n) is 3.50. The predicted molar refractivity (Wildman–Crippen MR) is 73.6 cm³/mol. The molecule has 2 aromatic rings. The molecule has 0 amide bonds. The van der Waals surface area contributed by atoms with E-state index in [2.05, 4.69) is 25.6 Å². The highest BCUT2D eigenvalue weighted by atomic mass is 79.9. The smallest absolute Gasteiger partial charge is 0.263 e. The first-order valence-corrected chi connectivity index (χ1v) is 7.25. The highest BCUT2D eigenvalue weighted by molar-refractivity contribution is 9.10. The molecule has 0 radical (unpaired) electrons. The summed E-state index contributed by atoms with van der Waals surface area (Å²) in [5.41, 5.74) is 6.27.